The van der Waals surface area contributed by atoms with E-state index in [2.05, 4.69) is 36.4 Å². The molecule has 1 aromatic carbocycles. The molecular weight excluding hydrogens is 284 g/mol. The number of rotatable bonds is 4. The van der Waals surface area contributed by atoms with Gasteiger partial charge >= 0.3 is 0 Å². The summed E-state index contributed by atoms with van der Waals surface area (Å²) >= 11 is 3.29. The van der Waals surface area contributed by atoms with Gasteiger partial charge in [-0.2, -0.15) is 5.10 Å². The molecule has 0 saturated carbocycles. The van der Waals surface area contributed by atoms with E-state index in [1.807, 2.05) is 19.1 Å². The quantitative estimate of drug-likeness (QED) is 0.808. The number of H-pyrrole nitrogens is 1. The first-order chi connectivity index (χ1) is 8.16. The first kappa shape index (κ1) is 12.1. The average molecular weight is 297 g/mol. The predicted octanol–water partition coefficient (Wildman–Crippen LogP) is 2.12. The van der Waals surface area contributed by atoms with Crippen LogP contribution in [0.15, 0.2) is 29.0 Å². The molecule has 5 nitrogen and oxygen atoms in total. The highest BCUT2D eigenvalue weighted by Crippen LogP contribution is 2.24. The van der Waals surface area contributed by atoms with Crippen molar-refractivity contribution in [2.75, 3.05) is 0 Å². The SMILES string of the molecule is CC(NCc1ccc(O)c(Br)c1)c1ncn[nH]1. The Morgan fingerprint density at radius 2 is 2.35 bits per heavy atom. The topological polar surface area (TPSA) is 73.8 Å². The normalized spacial score (nSPS) is 12.6. The Morgan fingerprint density at radius 1 is 1.53 bits per heavy atom. The summed E-state index contributed by atoms with van der Waals surface area (Å²) in [6, 6.07) is 5.53. The van der Waals surface area contributed by atoms with Gasteiger partial charge in [0, 0.05) is 6.54 Å². The van der Waals surface area contributed by atoms with Crippen molar-refractivity contribution in [1.29, 1.82) is 0 Å². The van der Waals surface area contributed by atoms with Crippen LogP contribution in [0, 0.1) is 0 Å². The zero-order valence-corrected chi connectivity index (χ0v) is 10.9. The van der Waals surface area contributed by atoms with Gasteiger partial charge in [0.1, 0.15) is 17.9 Å². The van der Waals surface area contributed by atoms with Crippen molar-refractivity contribution in [2.24, 2.45) is 0 Å². The minimum atomic E-state index is 0.102. The van der Waals surface area contributed by atoms with Crippen LogP contribution in [0.25, 0.3) is 0 Å². The lowest BCUT2D eigenvalue weighted by Crippen LogP contribution is -2.19. The number of halogens is 1. The first-order valence-corrected chi connectivity index (χ1v) is 6.02. The smallest absolute Gasteiger partial charge is 0.141 e. The van der Waals surface area contributed by atoms with Crippen molar-refractivity contribution in [3.05, 3.63) is 40.4 Å². The molecule has 1 aromatic heterocycles. The summed E-state index contributed by atoms with van der Waals surface area (Å²) in [5.41, 5.74) is 1.08. The maximum atomic E-state index is 9.38. The van der Waals surface area contributed by atoms with Crippen molar-refractivity contribution in [3.63, 3.8) is 0 Å². The van der Waals surface area contributed by atoms with E-state index in [1.54, 1.807) is 6.07 Å². The van der Waals surface area contributed by atoms with E-state index in [9.17, 15) is 5.11 Å². The second kappa shape index (κ2) is 5.29. The molecule has 0 radical (unpaired) electrons. The van der Waals surface area contributed by atoms with Crippen LogP contribution in [-0.2, 0) is 6.54 Å². The van der Waals surface area contributed by atoms with E-state index in [0.29, 0.717) is 11.0 Å². The van der Waals surface area contributed by atoms with E-state index < -0.39 is 0 Å². The molecule has 0 amide bonds. The standard InChI is InChI=1S/C11H13BrN4O/c1-7(11-14-6-15-16-11)13-5-8-2-3-10(17)9(12)4-8/h2-4,6-7,13,17H,5H2,1H3,(H,14,15,16). The van der Waals surface area contributed by atoms with Crippen molar-refractivity contribution in [2.45, 2.75) is 19.5 Å². The molecule has 2 rings (SSSR count). The van der Waals surface area contributed by atoms with Gasteiger partial charge in [-0.15, -0.1) is 0 Å². The number of aromatic amines is 1. The van der Waals surface area contributed by atoms with Gasteiger partial charge in [-0.3, -0.25) is 5.10 Å². The summed E-state index contributed by atoms with van der Waals surface area (Å²) in [7, 11) is 0. The fourth-order valence-corrected chi connectivity index (χ4v) is 1.88. The van der Waals surface area contributed by atoms with Crippen molar-refractivity contribution < 1.29 is 5.11 Å². The largest absolute Gasteiger partial charge is 0.507 e. The summed E-state index contributed by atoms with van der Waals surface area (Å²) in [6.45, 7) is 2.71. The Kier molecular flexibility index (Phi) is 3.75. The first-order valence-electron chi connectivity index (χ1n) is 5.23. The second-order valence-corrected chi connectivity index (χ2v) is 4.61. The molecule has 0 fully saturated rings. The van der Waals surface area contributed by atoms with Gasteiger partial charge in [0.05, 0.1) is 10.5 Å². The lowest BCUT2D eigenvalue weighted by atomic mass is 10.2. The van der Waals surface area contributed by atoms with Gasteiger partial charge in [-0.25, -0.2) is 4.98 Å². The maximum Gasteiger partial charge on any atom is 0.141 e. The summed E-state index contributed by atoms with van der Waals surface area (Å²) in [5.74, 6) is 1.06. The second-order valence-electron chi connectivity index (χ2n) is 3.76. The third-order valence-corrected chi connectivity index (χ3v) is 3.10. The third kappa shape index (κ3) is 3.04. The number of aromatic hydroxyl groups is 1. The fourth-order valence-electron chi connectivity index (χ4n) is 1.45. The Morgan fingerprint density at radius 3 is 3.00 bits per heavy atom. The van der Waals surface area contributed by atoms with E-state index in [1.165, 1.54) is 6.33 Å². The molecule has 0 saturated heterocycles. The van der Waals surface area contributed by atoms with Crippen molar-refractivity contribution >= 4 is 15.9 Å². The summed E-state index contributed by atoms with van der Waals surface area (Å²) in [4.78, 5) is 4.08. The number of phenolic OH excluding ortho intramolecular Hbond substituents is 1. The zero-order valence-electron chi connectivity index (χ0n) is 9.31. The highest BCUT2D eigenvalue weighted by Gasteiger charge is 2.07. The Balaban J connectivity index is 1.96. The zero-order chi connectivity index (χ0) is 12.3. The Hall–Kier alpha value is -1.40. The highest BCUT2D eigenvalue weighted by atomic mass is 79.9. The van der Waals surface area contributed by atoms with Crippen LogP contribution in [0.2, 0.25) is 0 Å². The number of nitrogens with zero attached hydrogens (tertiary/aromatic N) is 2. The fraction of sp³-hybridized carbons (Fsp3) is 0.273. The molecule has 90 valence electrons. The molecule has 0 aliphatic rings. The van der Waals surface area contributed by atoms with E-state index in [0.717, 1.165) is 11.4 Å². The van der Waals surface area contributed by atoms with Crippen LogP contribution in [-0.4, -0.2) is 20.3 Å². The van der Waals surface area contributed by atoms with Crippen LogP contribution in [0.4, 0.5) is 0 Å². The summed E-state index contributed by atoms with van der Waals surface area (Å²) in [6.07, 6.45) is 1.49. The van der Waals surface area contributed by atoms with Crippen LogP contribution in [0.5, 0.6) is 5.75 Å². The van der Waals surface area contributed by atoms with Gasteiger partial charge < -0.3 is 10.4 Å². The molecular formula is C11H13BrN4O. The number of benzene rings is 1. The lowest BCUT2D eigenvalue weighted by molar-refractivity contribution is 0.471. The molecule has 0 spiro atoms. The predicted molar refractivity (Wildman–Crippen MR) is 67.4 cm³/mol. The van der Waals surface area contributed by atoms with Gasteiger partial charge in [0.2, 0.25) is 0 Å². The number of aromatic nitrogens is 3. The van der Waals surface area contributed by atoms with Crippen molar-refractivity contribution in [1.82, 2.24) is 20.5 Å². The van der Waals surface area contributed by atoms with Crippen LogP contribution in [0.3, 0.4) is 0 Å². The summed E-state index contributed by atoms with van der Waals surface area (Å²) < 4.78 is 0.698. The highest BCUT2D eigenvalue weighted by molar-refractivity contribution is 9.10. The lowest BCUT2D eigenvalue weighted by Gasteiger charge is -2.11. The summed E-state index contributed by atoms with van der Waals surface area (Å²) in [5, 5.41) is 19.3. The average Bonchev–Trinajstić information content (AvgIpc) is 2.84. The van der Waals surface area contributed by atoms with Crippen LogP contribution >= 0.6 is 15.9 Å². The Labute approximate surface area is 107 Å². The number of hydrogen-bond donors (Lipinski definition) is 3. The number of nitrogens with one attached hydrogen (secondary N) is 2. The monoisotopic (exact) mass is 296 g/mol. The van der Waals surface area contributed by atoms with Gasteiger partial charge in [-0.1, -0.05) is 6.07 Å². The van der Waals surface area contributed by atoms with E-state index in [4.69, 9.17) is 0 Å². The van der Waals surface area contributed by atoms with E-state index in [-0.39, 0.29) is 11.8 Å². The third-order valence-electron chi connectivity index (χ3n) is 2.47. The Bertz CT molecular complexity index is 486. The molecule has 0 aliphatic heterocycles. The van der Waals surface area contributed by atoms with Gasteiger partial charge in [0.15, 0.2) is 0 Å². The number of hydrogen-bond acceptors (Lipinski definition) is 4. The van der Waals surface area contributed by atoms with E-state index >= 15 is 0 Å². The molecule has 0 aliphatic carbocycles. The van der Waals surface area contributed by atoms with Gasteiger partial charge in [0.25, 0.3) is 0 Å². The minimum absolute atomic E-state index is 0.102. The van der Waals surface area contributed by atoms with Crippen LogP contribution in [0.1, 0.15) is 24.4 Å². The maximum absolute atomic E-state index is 9.38. The molecule has 17 heavy (non-hydrogen) atoms. The van der Waals surface area contributed by atoms with Crippen LogP contribution < -0.4 is 5.32 Å². The molecule has 1 heterocycles. The molecule has 1 atom stereocenters. The molecule has 2 aromatic rings. The molecule has 3 N–H and O–H groups in total. The number of phenols is 1. The molecule has 6 heteroatoms. The van der Waals surface area contributed by atoms with Gasteiger partial charge in [-0.05, 0) is 40.5 Å². The molecule has 0 bridgehead atoms. The van der Waals surface area contributed by atoms with Crippen molar-refractivity contribution in [3.8, 4) is 5.75 Å². The minimum Gasteiger partial charge on any atom is -0.507 e. The molecule has 1 unspecified atom stereocenters.